The van der Waals surface area contributed by atoms with Crippen LogP contribution >= 0.6 is 0 Å². The molecule has 0 bridgehead atoms. The van der Waals surface area contributed by atoms with Crippen molar-refractivity contribution >= 4 is 11.6 Å². The van der Waals surface area contributed by atoms with Crippen LogP contribution in [0.3, 0.4) is 0 Å². The Balaban J connectivity index is 2.96. The Labute approximate surface area is 114 Å². The van der Waals surface area contributed by atoms with Crippen molar-refractivity contribution < 1.29 is 0 Å². The molecule has 5 heteroatoms. The van der Waals surface area contributed by atoms with Gasteiger partial charge in [-0.3, -0.25) is 10.3 Å². The first kappa shape index (κ1) is 15.0. The maximum Gasteiger partial charge on any atom is 0.209 e. The molecule has 0 amide bonds. The van der Waals surface area contributed by atoms with Crippen LogP contribution in [0.4, 0.5) is 5.69 Å². The van der Waals surface area contributed by atoms with Gasteiger partial charge < -0.3 is 5.32 Å². The zero-order chi connectivity index (χ0) is 14.1. The second-order valence-electron chi connectivity index (χ2n) is 4.35. The molecule has 102 valence electrons. The van der Waals surface area contributed by atoms with E-state index >= 15 is 0 Å². The summed E-state index contributed by atoms with van der Waals surface area (Å²) in [5, 5.41) is 14.5. The molecule has 2 N–H and O–H groups in total. The fourth-order valence-electron chi connectivity index (χ4n) is 1.94. The molecule has 0 radical (unpaired) electrons. The minimum Gasteiger partial charge on any atom is -0.324 e. The van der Waals surface area contributed by atoms with Crippen molar-refractivity contribution in [3.05, 3.63) is 24.5 Å². The zero-order valence-electron chi connectivity index (χ0n) is 11.8. The number of pyridine rings is 1. The Morgan fingerprint density at radius 3 is 2.53 bits per heavy atom. The van der Waals surface area contributed by atoms with Gasteiger partial charge in [-0.05, 0) is 31.4 Å². The molecule has 1 heterocycles. The predicted octanol–water partition coefficient (Wildman–Crippen LogP) is 2.89. The summed E-state index contributed by atoms with van der Waals surface area (Å²) in [6.45, 7) is 6.35. The minimum atomic E-state index is -0.131. The quantitative estimate of drug-likeness (QED) is 0.369. The average Bonchev–Trinajstić information content (AvgIpc) is 2.46. The normalized spacial score (nSPS) is 11.8. The summed E-state index contributed by atoms with van der Waals surface area (Å²) >= 11 is 0. The highest BCUT2D eigenvalue weighted by Crippen LogP contribution is 2.24. The van der Waals surface area contributed by atoms with Crippen LogP contribution in [0, 0.1) is 11.5 Å². The molecule has 0 fully saturated rings. The zero-order valence-corrected chi connectivity index (χ0v) is 11.8. The highest BCUT2D eigenvalue weighted by molar-refractivity contribution is 5.94. The van der Waals surface area contributed by atoms with Gasteiger partial charge in [0, 0.05) is 6.20 Å². The molecule has 0 aliphatic rings. The minimum absolute atomic E-state index is 0.131. The molecular weight excluding hydrogens is 238 g/mol. The number of rotatable bonds is 5. The van der Waals surface area contributed by atoms with Gasteiger partial charge in [-0.1, -0.05) is 20.8 Å². The molecule has 1 rings (SSSR count). The number of nitrogens with zero attached hydrogens (tertiary/aromatic N) is 3. The lowest BCUT2D eigenvalue weighted by Gasteiger charge is -2.26. The third-order valence-corrected chi connectivity index (χ3v) is 3.42. The van der Waals surface area contributed by atoms with Gasteiger partial charge in [0.1, 0.15) is 0 Å². The molecule has 0 saturated heterocycles. The largest absolute Gasteiger partial charge is 0.324 e. The van der Waals surface area contributed by atoms with E-state index < -0.39 is 0 Å². The number of aliphatic imine (C=N–C) groups is 1. The number of hydrogen-bond donors (Lipinski definition) is 2. The van der Waals surface area contributed by atoms with Gasteiger partial charge >= 0.3 is 0 Å². The molecule has 1 aromatic heterocycles. The van der Waals surface area contributed by atoms with E-state index in [1.807, 2.05) is 18.3 Å². The lowest BCUT2D eigenvalue weighted by Crippen LogP contribution is -2.34. The van der Waals surface area contributed by atoms with Gasteiger partial charge in [-0.15, -0.1) is 0 Å². The highest BCUT2D eigenvalue weighted by atomic mass is 15.2. The van der Waals surface area contributed by atoms with Crippen LogP contribution in [0.2, 0.25) is 0 Å². The van der Waals surface area contributed by atoms with Crippen LogP contribution in [0.25, 0.3) is 0 Å². The topological polar surface area (TPSA) is 73.1 Å². The molecule has 0 aliphatic carbocycles. The Morgan fingerprint density at radius 2 is 2.05 bits per heavy atom. The van der Waals surface area contributed by atoms with E-state index in [4.69, 9.17) is 10.3 Å². The van der Waals surface area contributed by atoms with Gasteiger partial charge in [0.2, 0.25) is 5.96 Å². The lowest BCUT2D eigenvalue weighted by molar-refractivity contribution is 0.385. The molecular formula is C14H21N5. The van der Waals surface area contributed by atoms with E-state index in [1.54, 1.807) is 12.4 Å². The molecule has 19 heavy (non-hydrogen) atoms. The van der Waals surface area contributed by atoms with Crippen LogP contribution in [0.15, 0.2) is 29.5 Å². The van der Waals surface area contributed by atoms with Gasteiger partial charge in [0.05, 0.1) is 17.4 Å². The second kappa shape index (κ2) is 7.37. The van der Waals surface area contributed by atoms with Crippen LogP contribution in [0.5, 0.6) is 0 Å². The molecule has 0 aliphatic heterocycles. The summed E-state index contributed by atoms with van der Waals surface area (Å²) in [5.74, 6) is 0.473. The van der Waals surface area contributed by atoms with Crippen molar-refractivity contribution in [2.45, 2.75) is 45.6 Å². The van der Waals surface area contributed by atoms with Crippen molar-refractivity contribution in [3.8, 4) is 6.19 Å². The van der Waals surface area contributed by atoms with E-state index in [0.717, 1.165) is 24.9 Å². The summed E-state index contributed by atoms with van der Waals surface area (Å²) in [5.41, 5.74) is 0.676. The average molecular weight is 259 g/mol. The van der Waals surface area contributed by atoms with Gasteiger partial charge in [0.25, 0.3) is 0 Å². The van der Waals surface area contributed by atoms with Crippen molar-refractivity contribution in [2.75, 3.05) is 5.32 Å². The summed E-state index contributed by atoms with van der Waals surface area (Å²) in [6, 6.07) is 3.71. The Morgan fingerprint density at radius 1 is 1.37 bits per heavy atom. The van der Waals surface area contributed by atoms with Crippen LogP contribution < -0.4 is 10.6 Å². The number of aromatic nitrogens is 1. The molecule has 5 nitrogen and oxygen atoms in total. The third-order valence-electron chi connectivity index (χ3n) is 3.42. The van der Waals surface area contributed by atoms with E-state index in [9.17, 15) is 0 Å². The molecule has 1 aromatic rings. The number of anilines is 1. The second-order valence-corrected chi connectivity index (χ2v) is 4.35. The van der Waals surface area contributed by atoms with Crippen molar-refractivity contribution in [1.82, 2.24) is 10.3 Å². The third kappa shape index (κ3) is 4.25. The van der Waals surface area contributed by atoms with Crippen LogP contribution in [-0.4, -0.2) is 16.5 Å². The van der Waals surface area contributed by atoms with E-state index in [0.29, 0.717) is 5.96 Å². The Bertz CT molecular complexity index is 434. The summed E-state index contributed by atoms with van der Waals surface area (Å²) in [6.07, 6.45) is 8.12. The maximum atomic E-state index is 8.83. The number of guanidine groups is 1. The first-order valence-electron chi connectivity index (χ1n) is 6.61. The lowest BCUT2D eigenvalue weighted by atomic mass is 9.91. The standard InChI is InChI=1S/C14H21N5/c1-4-14(5-2,6-3)19-13(17-11-15)18-12-8-7-9-16-10-12/h7-10H,4-6H2,1-3H3,(H2,17,18,19). The first-order chi connectivity index (χ1) is 9.19. The number of hydrogen-bond acceptors (Lipinski definition) is 3. The Kier molecular flexibility index (Phi) is 5.80. The molecule has 0 unspecified atom stereocenters. The SMILES string of the molecule is CCC(CC)(CC)N=C(NC#N)Nc1cccnc1. The monoisotopic (exact) mass is 259 g/mol. The molecule has 0 saturated carbocycles. The van der Waals surface area contributed by atoms with Crippen molar-refractivity contribution in [1.29, 1.82) is 5.26 Å². The van der Waals surface area contributed by atoms with Crippen molar-refractivity contribution in [2.24, 2.45) is 4.99 Å². The summed E-state index contributed by atoms with van der Waals surface area (Å²) in [7, 11) is 0. The molecule has 0 atom stereocenters. The van der Waals surface area contributed by atoms with Crippen molar-refractivity contribution in [3.63, 3.8) is 0 Å². The Hall–Kier alpha value is -2.09. The van der Waals surface area contributed by atoms with E-state index in [-0.39, 0.29) is 5.54 Å². The predicted molar refractivity (Wildman–Crippen MR) is 77.6 cm³/mol. The van der Waals surface area contributed by atoms with Gasteiger partial charge in [-0.25, -0.2) is 4.99 Å². The van der Waals surface area contributed by atoms with Gasteiger partial charge in [0.15, 0.2) is 6.19 Å². The fraction of sp³-hybridized carbons (Fsp3) is 0.500. The first-order valence-corrected chi connectivity index (χ1v) is 6.61. The van der Waals surface area contributed by atoms with Crippen LogP contribution in [0.1, 0.15) is 40.0 Å². The maximum absolute atomic E-state index is 8.83. The van der Waals surface area contributed by atoms with E-state index in [1.165, 1.54) is 0 Å². The summed E-state index contributed by atoms with van der Waals surface area (Å²) in [4.78, 5) is 8.72. The molecule has 0 spiro atoms. The van der Waals surface area contributed by atoms with Crippen LogP contribution in [-0.2, 0) is 0 Å². The fourth-order valence-corrected chi connectivity index (χ4v) is 1.94. The number of nitrogens with one attached hydrogen (secondary N) is 2. The molecule has 0 aromatic carbocycles. The van der Waals surface area contributed by atoms with E-state index in [2.05, 4.69) is 36.4 Å². The highest BCUT2D eigenvalue weighted by Gasteiger charge is 2.23. The number of nitriles is 1. The summed E-state index contributed by atoms with van der Waals surface area (Å²) < 4.78 is 0. The van der Waals surface area contributed by atoms with Gasteiger partial charge in [-0.2, -0.15) is 5.26 Å². The smallest absolute Gasteiger partial charge is 0.209 e.